The van der Waals surface area contributed by atoms with Crippen molar-refractivity contribution in [3.05, 3.63) is 88.6 Å². The fourth-order valence-corrected chi connectivity index (χ4v) is 6.15. The Bertz CT molecular complexity index is 1250. The smallest absolute Gasteiger partial charge is 0.422 e. The van der Waals surface area contributed by atoms with Gasteiger partial charge in [0.1, 0.15) is 11.8 Å². The summed E-state index contributed by atoms with van der Waals surface area (Å²) in [6, 6.07) is 7.17. The van der Waals surface area contributed by atoms with Crippen LogP contribution in [0.1, 0.15) is 86.3 Å². The molecule has 0 fully saturated rings. The van der Waals surface area contributed by atoms with Gasteiger partial charge in [0.05, 0.1) is 11.6 Å². The Morgan fingerprint density at radius 3 is 2.49 bits per heavy atom. The third-order valence-electron chi connectivity index (χ3n) is 7.47. The second-order valence-electron chi connectivity index (χ2n) is 10.6. The molecule has 2 aliphatic rings. The minimum atomic E-state index is -4.81. The zero-order valence-electron chi connectivity index (χ0n) is 22.9. The summed E-state index contributed by atoms with van der Waals surface area (Å²) in [5.41, 5.74) is 1.77. The number of rotatable bonds is 13. The molecule has 2 aromatic rings. The standard InChI is InChI=1S/C31H35BrF6N2O/c1-2-3-4-5-11-23(32)12-8-10-22-16-17-39-28(22)29-26(31(36,37)38)18-24(41-20-30(33,34)35)19-40(29)27-15-14-21-9-6-7-13-25(21)27/h6-7,9,13-19,23,27,29,39H,2-5,8,10-12,20H2,1H3. The molecule has 0 spiro atoms. The fraction of sp³-hybridized carbons (Fsp3) is 0.484. The summed E-state index contributed by atoms with van der Waals surface area (Å²) in [5, 5.41) is 0. The van der Waals surface area contributed by atoms with E-state index in [-0.39, 0.29) is 0 Å². The predicted molar refractivity (Wildman–Crippen MR) is 152 cm³/mol. The molecule has 0 saturated carbocycles. The molecule has 2 heterocycles. The number of hydrogen-bond acceptors (Lipinski definition) is 2. The van der Waals surface area contributed by atoms with Crippen LogP contribution in [0, 0.1) is 0 Å². The van der Waals surface area contributed by atoms with Crippen molar-refractivity contribution in [1.82, 2.24) is 9.88 Å². The van der Waals surface area contributed by atoms with Crippen LogP contribution in [0.5, 0.6) is 0 Å². The first-order valence-electron chi connectivity index (χ1n) is 14.0. The largest absolute Gasteiger partial charge is 0.483 e. The molecule has 1 aliphatic carbocycles. The number of alkyl halides is 7. The summed E-state index contributed by atoms with van der Waals surface area (Å²) in [6.07, 6.45) is 5.69. The first-order valence-corrected chi connectivity index (χ1v) is 14.9. The van der Waals surface area contributed by atoms with Gasteiger partial charge in [-0.2, -0.15) is 26.3 Å². The number of H-pyrrole nitrogens is 1. The number of aromatic nitrogens is 1. The lowest BCUT2D eigenvalue weighted by Gasteiger charge is -2.40. The highest BCUT2D eigenvalue weighted by Gasteiger charge is 2.46. The third-order valence-corrected chi connectivity index (χ3v) is 8.38. The second-order valence-corrected chi connectivity index (χ2v) is 11.9. The topological polar surface area (TPSA) is 28.3 Å². The number of halogens is 7. The van der Waals surface area contributed by atoms with Gasteiger partial charge in [0, 0.05) is 22.9 Å². The molecule has 3 unspecified atom stereocenters. The van der Waals surface area contributed by atoms with Crippen LogP contribution in [-0.4, -0.2) is 33.7 Å². The lowest BCUT2D eigenvalue weighted by atomic mass is 9.91. The van der Waals surface area contributed by atoms with Crippen LogP contribution in [0.4, 0.5) is 26.3 Å². The summed E-state index contributed by atoms with van der Waals surface area (Å²) in [6.45, 7) is 0.483. The summed E-state index contributed by atoms with van der Waals surface area (Å²) in [5.74, 6) is -0.484. The van der Waals surface area contributed by atoms with E-state index in [9.17, 15) is 26.3 Å². The number of fused-ring (bicyclic) bond motifs is 1. The van der Waals surface area contributed by atoms with Gasteiger partial charge >= 0.3 is 12.4 Å². The Hall–Kier alpha value is -2.62. The SMILES string of the molecule is CCCCCCC(Br)CCCc1cc[nH]c1C1C(C(F)(F)F)=CC(OCC(F)(F)F)=CN1C1C=Cc2ccccc21. The number of nitrogens with one attached hydrogen (secondary N) is 1. The predicted octanol–water partition coefficient (Wildman–Crippen LogP) is 10.1. The molecular formula is C31H35BrF6N2O. The Balaban J connectivity index is 1.63. The monoisotopic (exact) mass is 644 g/mol. The minimum Gasteiger partial charge on any atom is -0.483 e. The van der Waals surface area contributed by atoms with Gasteiger partial charge in [-0.1, -0.05) is 85.0 Å². The van der Waals surface area contributed by atoms with E-state index in [2.05, 4.69) is 27.8 Å². The van der Waals surface area contributed by atoms with E-state index in [1.807, 2.05) is 24.3 Å². The van der Waals surface area contributed by atoms with Gasteiger partial charge in [-0.15, -0.1) is 0 Å². The maximum Gasteiger partial charge on any atom is 0.422 e. The van der Waals surface area contributed by atoms with Crippen LogP contribution < -0.4 is 0 Å². The van der Waals surface area contributed by atoms with Crippen LogP contribution in [-0.2, 0) is 11.2 Å². The highest BCUT2D eigenvalue weighted by Crippen LogP contribution is 2.48. The van der Waals surface area contributed by atoms with Gasteiger partial charge in [-0.25, -0.2) is 0 Å². The number of aromatic amines is 1. The maximum absolute atomic E-state index is 14.6. The summed E-state index contributed by atoms with van der Waals surface area (Å²) < 4.78 is 87.5. The molecule has 0 amide bonds. The van der Waals surface area contributed by atoms with E-state index >= 15 is 0 Å². The van der Waals surface area contributed by atoms with Crippen LogP contribution in [0.25, 0.3) is 6.08 Å². The van der Waals surface area contributed by atoms with Crippen molar-refractivity contribution >= 4 is 22.0 Å². The molecule has 1 N–H and O–H groups in total. The molecule has 3 atom stereocenters. The summed E-state index contributed by atoms with van der Waals surface area (Å²) in [7, 11) is 0. The normalized spacial score (nSPS) is 19.7. The first-order chi connectivity index (χ1) is 19.5. The number of nitrogens with zero attached hydrogens (tertiary/aromatic N) is 1. The number of ether oxygens (including phenoxy) is 1. The van der Waals surface area contributed by atoms with Crippen LogP contribution in [0.3, 0.4) is 0 Å². The van der Waals surface area contributed by atoms with Gasteiger partial charge in [0.2, 0.25) is 0 Å². The molecule has 4 rings (SSSR count). The zero-order valence-corrected chi connectivity index (χ0v) is 24.5. The van der Waals surface area contributed by atoms with Crippen molar-refractivity contribution in [3.8, 4) is 0 Å². The third kappa shape index (κ3) is 8.23. The summed E-state index contributed by atoms with van der Waals surface area (Å²) >= 11 is 3.75. The number of allylic oxidation sites excluding steroid dienone is 1. The van der Waals surface area contributed by atoms with Crippen molar-refractivity contribution in [2.75, 3.05) is 6.61 Å². The quantitative estimate of drug-likeness (QED) is 0.133. The number of hydrogen-bond donors (Lipinski definition) is 1. The molecule has 0 bridgehead atoms. The van der Waals surface area contributed by atoms with E-state index in [0.29, 0.717) is 23.0 Å². The molecular weight excluding hydrogens is 610 g/mol. The van der Waals surface area contributed by atoms with Crippen LogP contribution in [0.2, 0.25) is 0 Å². The van der Waals surface area contributed by atoms with Gasteiger partial charge in [-0.3, -0.25) is 0 Å². The maximum atomic E-state index is 14.6. The molecule has 3 nitrogen and oxygen atoms in total. The lowest BCUT2D eigenvalue weighted by Crippen LogP contribution is -2.36. The van der Waals surface area contributed by atoms with Gasteiger partial charge in [0.15, 0.2) is 6.61 Å². The highest BCUT2D eigenvalue weighted by molar-refractivity contribution is 9.09. The molecule has 224 valence electrons. The van der Waals surface area contributed by atoms with Crippen molar-refractivity contribution < 1.29 is 31.1 Å². The van der Waals surface area contributed by atoms with Crippen LogP contribution in [0.15, 0.2) is 66.2 Å². The molecule has 0 saturated heterocycles. The summed E-state index contributed by atoms with van der Waals surface area (Å²) in [4.78, 5) is 4.85. The molecule has 41 heavy (non-hydrogen) atoms. The molecule has 1 aliphatic heterocycles. The molecule has 10 heteroatoms. The molecule has 1 aromatic carbocycles. The average Bonchev–Trinajstić information content (AvgIpc) is 3.55. The number of aryl methyl sites for hydroxylation is 1. The fourth-order valence-electron chi connectivity index (χ4n) is 5.51. The van der Waals surface area contributed by atoms with Gasteiger partial charge < -0.3 is 14.6 Å². The number of benzene rings is 1. The van der Waals surface area contributed by atoms with Crippen molar-refractivity contribution in [1.29, 1.82) is 0 Å². The van der Waals surface area contributed by atoms with Crippen LogP contribution >= 0.6 is 15.9 Å². The van der Waals surface area contributed by atoms with Crippen molar-refractivity contribution in [2.45, 2.75) is 87.6 Å². The average molecular weight is 646 g/mol. The van der Waals surface area contributed by atoms with E-state index in [4.69, 9.17) is 4.74 Å². The van der Waals surface area contributed by atoms with E-state index < -0.39 is 42.4 Å². The minimum absolute atomic E-state index is 0.343. The second kappa shape index (κ2) is 13.6. The Morgan fingerprint density at radius 1 is 1.00 bits per heavy atom. The highest BCUT2D eigenvalue weighted by atomic mass is 79.9. The Labute approximate surface area is 245 Å². The van der Waals surface area contributed by atoms with Crippen molar-refractivity contribution in [2.24, 2.45) is 0 Å². The van der Waals surface area contributed by atoms with Gasteiger partial charge in [-0.05, 0) is 54.5 Å². The van der Waals surface area contributed by atoms with E-state index in [1.54, 1.807) is 24.4 Å². The first kappa shape index (κ1) is 31.3. The van der Waals surface area contributed by atoms with Gasteiger partial charge in [0.25, 0.3) is 0 Å². The van der Waals surface area contributed by atoms with E-state index in [1.165, 1.54) is 30.4 Å². The zero-order chi connectivity index (χ0) is 29.6. The Morgan fingerprint density at radius 2 is 1.76 bits per heavy atom. The lowest BCUT2D eigenvalue weighted by molar-refractivity contribution is -0.164. The van der Waals surface area contributed by atoms with E-state index in [0.717, 1.165) is 42.4 Å². The molecule has 1 aromatic heterocycles. The number of unbranched alkanes of at least 4 members (excludes halogenated alkanes) is 3. The van der Waals surface area contributed by atoms with Crippen molar-refractivity contribution in [3.63, 3.8) is 0 Å². The molecule has 0 radical (unpaired) electrons. The Kier molecular flexibility index (Phi) is 10.4.